The van der Waals surface area contributed by atoms with Gasteiger partial charge in [0.25, 0.3) is 15.9 Å². The molecule has 3 aliphatic rings. The highest BCUT2D eigenvalue weighted by atomic mass is 32.2. The second-order valence-electron chi connectivity index (χ2n) is 12.2. The van der Waals surface area contributed by atoms with Crippen LogP contribution >= 0.6 is 0 Å². The Kier molecular flexibility index (Phi) is 7.08. The molecule has 0 bridgehead atoms. The van der Waals surface area contributed by atoms with Crippen molar-refractivity contribution in [1.29, 1.82) is 0 Å². The van der Waals surface area contributed by atoms with Crippen molar-refractivity contribution in [2.45, 2.75) is 80.7 Å². The van der Waals surface area contributed by atoms with E-state index >= 15 is 0 Å². The largest absolute Gasteiger partial charge is 0.390 e. The van der Waals surface area contributed by atoms with E-state index in [0.717, 1.165) is 16.9 Å². The fraction of sp³-hybridized carbons (Fsp3) is 0.433. The van der Waals surface area contributed by atoms with Crippen molar-refractivity contribution < 1.29 is 22.3 Å². The van der Waals surface area contributed by atoms with Gasteiger partial charge in [-0.2, -0.15) is 14.3 Å². The molecule has 4 aromatic heterocycles. The summed E-state index contributed by atoms with van der Waals surface area (Å²) in [6, 6.07) is 2.67. The second kappa shape index (κ2) is 10.9. The Bertz CT molecular complexity index is 1920. The van der Waals surface area contributed by atoms with Crippen LogP contribution in [0.2, 0.25) is 0 Å². The number of pyridine rings is 1. The highest BCUT2D eigenvalue weighted by Crippen LogP contribution is 2.52. The zero-order chi connectivity index (χ0) is 31.4. The standard InChI is InChI=1S/C30H31F2N9O3S/c1-29(42)9-6-22(7-10-29)37-24-12-27(34-15-20(24)3-2-19-14-35-40(17-19)25-13-30(25,31)32)38-26-8-11-33-28(39-26)21-16-36-41(18-21)45(43,44)23-4-5-23/h8,11-12,14-18,22-23,25,42H,4-7,9-10,13H2,1H3,(H2,33,34,37,38,39). The predicted molar refractivity (Wildman–Crippen MR) is 161 cm³/mol. The van der Waals surface area contributed by atoms with Crippen LogP contribution in [0, 0.1) is 11.8 Å². The minimum atomic E-state index is -3.51. The van der Waals surface area contributed by atoms with Crippen LogP contribution in [0.5, 0.6) is 0 Å². The smallest absolute Gasteiger partial charge is 0.272 e. The number of anilines is 3. The summed E-state index contributed by atoms with van der Waals surface area (Å²) in [5.74, 6) is 4.60. The summed E-state index contributed by atoms with van der Waals surface area (Å²) in [6.45, 7) is 1.85. The Balaban J connectivity index is 1.12. The number of nitrogens with one attached hydrogen (secondary N) is 2. The highest BCUT2D eigenvalue weighted by Gasteiger charge is 2.59. The topological polar surface area (TPSA) is 153 Å². The lowest BCUT2D eigenvalue weighted by Crippen LogP contribution is -2.35. The van der Waals surface area contributed by atoms with Gasteiger partial charge in [0.1, 0.15) is 17.7 Å². The molecule has 7 rings (SSSR count). The number of alkyl halides is 2. The van der Waals surface area contributed by atoms with Crippen molar-refractivity contribution in [3.63, 3.8) is 0 Å². The van der Waals surface area contributed by atoms with Gasteiger partial charge in [-0.15, -0.1) is 0 Å². The maximum atomic E-state index is 13.5. The molecule has 4 heterocycles. The van der Waals surface area contributed by atoms with Gasteiger partial charge < -0.3 is 15.7 Å². The van der Waals surface area contributed by atoms with E-state index in [1.54, 1.807) is 18.5 Å². The summed E-state index contributed by atoms with van der Waals surface area (Å²) in [4.78, 5) is 13.3. The molecule has 0 amide bonds. The molecule has 3 aliphatic carbocycles. The fourth-order valence-electron chi connectivity index (χ4n) is 5.32. The quantitative estimate of drug-likeness (QED) is 0.241. The second-order valence-corrected chi connectivity index (χ2v) is 14.3. The highest BCUT2D eigenvalue weighted by molar-refractivity contribution is 7.90. The summed E-state index contributed by atoms with van der Waals surface area (Å²) in [6.07, 6.45) is 12.9. The molecule has 3 saturated carbocycles. The fourth-order valence-corrected chi connectivity index (χ4v) is 6.80. The molecule has 3 fully saturated rings. The SMILES string of the molecule is CC1(O)CCC(Nc2cc(Nc3ccnc(-c4cnn(S(=O)(=O)C5CC5)c4)n3)ncc2C#Cc2cnn(C3CC3(F)F)c2)CC1. The zero-order valence-electron chi connectivity index (χ0n) is 24.4. The molecule has 0 saturated heterocycles. The minimum absolute atomic E-state index is 0.106. The van der Waals surface area contributed by atoms with E-state index in [1.165, 1.54) is 29.5 Å². The van der Waals surface area contributed by atoms with Crippen molar-refractivity contribution in [1.82, 2.24) is 33.9 Å². The van der Waals surface area contributed by atoms with Crippen molar-refractivity contribution in [3.8, 4) is 23.2 Å². The van der Waals surface area contributed by atoms with Crippen LogP contribution in [0.3, 0.4) is 0 Å². The van der Waals surface area contributed by atoms with Crippen molar-refractivity contribution in [2.24, 2.45) is 0 Å². The molecule has 45 heavy (non-hydrogen) atoms. The normalized spacial score (nSPS) is 24.0. The molecule has 15 heteroatoms. The summed E-state index contributed by atoms with van der Waals surface area (Å²) in [5, 5.41) is 24.8. The molecular weight excluding hydrogens is 604 g/mol. The molecule has 3 N–H and O–H groups in total. The average Bonchev–Trinajstić information content (AvgIpc) is 3.83. The van der Waals surface area contributed by atoms with Gasteiger partial charge in [-0.25, -0.2) is 32.2 Å². The first-order valence-electron chi connectivity index (χ1n) is 14.8. The van der Waals surface area contributed by atoms with E-state index in [2.05, 4.69) is 47.6 Å². The number of halogens is 2. The summed E-state index contributed by atoms with van der Waals surface area (Å²) >= 11 is 0. The van der Waals surface area contributed by atoms with Gasteiger partial charge >= 0.3 is 0 Å². The number of hydrogen-bond acceptors (Lipinski definition) is 10. The van der Waals surface area contributed by atoms with Crippen LogP contribution in [0.25, 0.3) is 11.4 Å². The predicted octanol–water partition coefficient (Wildman–Crippen LogP) is 4.10. The molecule has 234 valence electrons. The van der Waals surface area contributed by atoms with Crippen molar-refractivity contribution in [2.75, 3.05) is 10.6 Å². The molecule has 0 aromatic carbocycles. The average molecular weight is 636 g/mol. The summed E-state index contributed by atoms with van der Waals surface area (Å²) < 4.78 is 54.3. The Labute approximate surface area is 258 Å². The summed E-state index contributed by atoms with van der Waals surface area (Å²) in [5.41, 5.74) is 1.61. The number of hydrogen-bond donors (Lipinski definition) is 3. The van der Waals surface area contributed by atoms with E-state index < -0.39 is 32.8 Å². The first-order chi connectivity index (χ1) is 21.4. The van der Waals surface area contributed by atoms with Crippen LogP contribution < -0.4 is 10.6 Å². The molecule has 4 aromatic rings. The minimum Gasteiger partial charge on any atom is -0.390 e. The van der Waals surface area contributed by atoms with Crippen LogP contribution in [0.1, 0.15) is 69.0 Å². The maximum Gasteiger partial charge on any atom is 0.272 e. The van der Waals surface area contributed by atoms with E-state index in [1.807, 2.05) is 13.0 Å². The maximum absolute atomic E-state index is 13.5. The number of nitrogens with zero attached hydrogens (tertiary/aromatic N) is 7. The van der Waals surface area contributed by atoms with Gasteiger partial charge in [-0.3, -0.25) is 4.68 Å². The summed E-state index contributed by atoms with van der Waals surface area (Å²) in [7, 11) is -3.51. The lowest BCUT2D eigenvalue weighted by atomic mass is 9.83. The number of aromatic nitrogens is 7. The van der Waals surface area contributed by atoms with Gasteiger partial charge in [-0.1, -0.05) is 11.8 Å². The first kappa shape index (κ1) is 29.3. The van der Waals surface area contributed by atoms with Gasteiger partial charge in [0.15, 0.2) is 5.82 Å². The van der Waals surface area contributed by atoms with Crippen molar-refractivity contribution >= 4 is 27.3 Å². The Morgan fingerprint density at radius 2 is 1.80 bits per heavy atom. The third-order valence-electron chi connectivity index (χ3n) is 8.32. The number of rotatable bonds is 8. The van der Waals surface area contributed by atoms with Gasteiger partial charge in [0.2, 0.25) is 0 Å². The van der Waals surface area contributed by atoms with Gasteiger partial charge in [-0.05, 0) is 51.5 Å². The van der Waals surface area contributed by atoms with Gasteiger partial charge in [0.05, 0.1) is 51.8 Å². The molecular formula is C30H31F2N9O3S. The molecule has 12 nitrogen and oxygen atoms in total. The first-order valence-corrected chi connectivity index (χ1v) is 16.3. The van der Waals surface area contributed by atoms with E-state index in [4.69, 9.17) is 0 Å². The molecule has 1 unspecified atom stereocenters. The monoisotopic (exact) mass is 635 g/mol. The molecule has 0 aliphatic heterocycles. The van der Waals surface area contributed by atoms with E-state index in [0.29, 0.717) is 65.5 Å². The van der Waals surface area contributed by atoms with Gasteiger partial charge in [0, 0.05) is 37.1 Å². The molecule has 0 radical (unpaired) electrons. The Hall–Kier alpha value is -4.42. The van der Waals surface area contributed by atoms with Crippen molar-refractivity contribution in [3.05, 3.63) is 60.4 Å². The Morgan fingerprint density at radius 1 is 1.02 bits per heavy atom. The van der Waals surface area contributed by atoms with E-state index in [9.17, 15) is 22.3 Å². The lowest BCUT2D eigenvalue weighted by molar-refractivity contribution is 0.0196. The molecule has 0 spiro atoms. The van der Waals surface area contributed by atoms with Crippen LogP contribution in [-0.4, -0.2) is 70.3 Å². The number of aliphatic hydroxyl groups is 1. The lowest BCUT2D eigenvalue weighted by Gasteiger charge is -2.34. The molecule has 1 atom stereocenters. The Morgan fingerprint density at radius 3 is 2.53 bits per heavy atom. The van der Waals surface area contributed by atoms with Crippen LogP contribution in [-0.2, 0) is 10.0 Å². The van der Waals surface area contributed by atoms with E-state index in [-0.39, 0.29) is 12.5 Å². The third kappa shape index (κ3) is 6.38. The van der Waals surface area contributed by atoms with Crippen LogP contribution in [0.15, 0.2) is 49.3 Å². The third-order valence-corrected chi connectivity index (χ3v) is 10.4. The van der Waals surface area contributed by atoms with Crippen LogP contribution in [0.4, 0.5) is 26.1 Å². The zero-order valence-corrected chi connectivity index (χ0v) is 25.2.